The molecule has 0 aromatic carbocycles. The molecule has 3 amide bonds. The molecule has 0 saturated heterocycles. The number of alkyl carbamates (subject to hydrolysis) is 2. The van der Waals surface area contributed by atoms with Gasteiger partial charge in [-0.15, -0.1) is 0 Å². The van der Waals surface area contributed by atoms with E-state index in [1.54, 1.807) is 20.8 Å². The van der Waals surface area contributed by atoms with Crippen molar-refractivity contribution in [2.24, 2.45) is 5.16 Å². The summed E-state index contributed by atoms with van der Waals surface area (Å²) in [6, 6.07) is -1.07. The molecule has 0 aliphatic carbocycles. The third-order valence-electron chi connectivity index (χ3n) is 4.53. The first-order chi connectivity index (χ1) is 16.0. The standard InChI is InChI=1S/C22H38N4O8/c1-6-7-11-32-21(30)25-17(19(28)31-5)14-24-18(27)13-16-12-15(26-34-16)9-8-10-23-20(29)33-22(2,3)4/h16-17H,6-14H2,1-5H3,(H,23,29)(H,24,27)(H,25,30)/t16?,17-/m0/s1. The van der Waals surface area contributed by atoms with Crippen LogP contribution in [0.2, 0.25) is 0 Å². The molecule has 12 heteroatoms. The van der Waals surface area contributed by atoms with Gasteiger partial charge in [0.1, 0.15) is 17.7 Å². The van der Waals surface area contributed by atoms with Gasteiger partial charge in [-0.25, -0.2) is 14.4 Å². The van der Waals surface area contributed by atoms with Gasteiger partial charge in [0.05, 0.1) is 25.8 Å². The lowest BCUT2D eigenvalue weighted by Crippen LogP contribution is -2.49. The predicted octanol–water partition coefficient (Wildman–Crippen LogP) is 2.01. The molecule has 1 aliphatic rings. The smallest absolute Gasteiger partial charge is 0.407 e. The maximum absolute atomic E-state index is 12.3. The third kappa shape index (κ3) is 12.9. The molecule has 0 spiro atoms. The Morgan fingerprint density at radius 3 is 2.53 bits per heavy atom. The lowest BCUT2D eigenvalue weighted by atomic mass is 10.1. The minimum atomic E-state index is -1.07. The van der Waals surface area contributed by atoms with Crippen molar-refractivity contribution in [3.63, 3.8) is 0 Å². The van der Waals surface area contributed by atoms with E-state index < -0.39 is 35.9 Å². The van der Waals surface area contributed by atoms with Crippen LogP contribution >= 0.6 is 0 Å². The molecule has 1 rings (SSSR count). The highest BCUT2D eigenvalue weighted by Gasteiger charge is 2.26. The highest BCUT2D eigenvalue weighted by atomic mass is 16.6. The Kier molecular flexibility index (Phi) is 12.8. The molecule has 3 N–H and O–H groups in total. The third-order valence-corrected chi connectivity index (χ3v) is 4.53. The molecule has 0 aromatic rings. The summed E-state index contributed by atoms with van der Waals surface area (Å²) in [5.41, 5.74) is 0.249. The van der Waals surface area contributed by atoms with E-state index in [0.717, 1.165) is 12.1 Å². The number of carbonyl (C=O) groups is 4. The van der Waals surface area contributed by atoms with Crippen molar-refractivity contribution >= 4 is 29.8 Å². The Morgan fingerprint density at radius 2 is 1.88 bits per heavy atom. The number of rotatable bonds is 13. The minimum absolute atomic E-state index is 0.0397. The summed E-state index contributed by atoms with van der Waals surface area (Å²) in [5, 5.41) is 11.7. The Morgan fingerprint density at radius 1 is 1.15 bits per heavy atom. The van der Waals surface area contributed by atoms with Crippen LogP contribution < -0.4 is 16.0 Å². The number of ether oxygens (including phenoxy) is 3. The van der Waals surface area contributed by atoms with Crippen molar-refractivity contribution in [3.05, 3.63) is 0 Å². The molecular weight excluding hydrogens is 448 g/mol. The largest absolute Gasteiger partial charge is 0.467 e. The van der Waals surface area contributed by atoms with E-state index in [4.69, 9.17) is 14.3 Å². The number of amides is 3. The summed E-state index contributed by atoms with van der Waals surface area (Å²) < 4.78 is 14.8. The molecule has 0 saturated carbocycles. The fourth-order valence-electron chi connectivity index (χ4n) is 2.86. The van der Waals surface area contributed by atoms with E-state index in [1.807, 2.05) is 6.92 Å². The zero-order valence-electron chi connectivity index (χ0n) is 20.7. The summed E-state index contributed by atoms with van der Waals surface area (Å²) in [7, 11) is 1.19. The topological polar surface area (TPSA) is 154 Å². The van der Waals surface area contributed by atoms with Gasteiger partial charge in [-0.1, -0.05) is 18.5 Å². The molecule has 1 heterocycles. The van der Waals surface area contributed by atoms with Gasteiger partial charge < -0.3 is 35.0 Å². The van der Waals surface area contributed by atoms with Crippen molar-refractivity contribution in [1.82, 2.24) is 16.0 Å². The summed E-state index contributed by atoms with van der Waals surface area (Å²) in [4.78, 5) is 52.9. The molecule has 194 valence electrons. The molecular formula is C22H38N4O8. The number of unbranched alkanes of at least 4 members (excludes halogenated alkanes) is 1. The van der Waals surface area contributed by atoms with Gasteiger partial charge >= 0.3 is 18.2 Å². The van der Waals surface area contributed by atoms with Crippen molar-refractivity contribution in [3.8, 4) is 0 Å². The minimum Gasteiger partial charge on any atom is -0.467 e. The predicted molar refractivity (Wildman–Crippen MR) is 123 cm³/mol. The number of hydrogen-bond acceptors (Lipinski definition) is 9. The fourth-order valence-corrected chi connectivity index (χ4v) is 2.86. The zero-order chi connectivity index (χ0) is 25.6. The lowest BCUT2D eigenvalue weighted by Gasteiger charge is -2.19. The molecule has 0 bridgehead atoms. The monoisotopic (exact) mass is 486 g/mol. The van der Waals surface area contributed by atoms with Crippen LogP contribution in [0.1, 0.15) is 66.2 Å². The van der Waals surface area contributed by atoms with Crippen LogP contribution in [0, 0.1) is 0 Å². The van der Waals surface area contributed by atoms with E-state index in [2.05, 4.69) is 25.8 Å². The number of carbonyl (C=O) groups excluding carboxylic acids is 4. The first kappa shape index (κ1) is 29.0. The van der Waals surface area contributed by atoms with E-state index in [-0.39, 0.29) is 25.5 Å². The van der Waals surface area contributed by atoms with Crippen LogP contribution in [0.4, 0.5) is 9.59 Å². The van der Waals surface area contributed by atoms with Crippen LogP contribution in [0.3, 0.4) is 0 Å². The number of nitrogens with zero attached hydrogens (tertiary/aromatic N) is 1. The second kappa shape index (κ2) is 15.0. The quantitative estimate of drug-likeness (QED) is 0.203. The molecule has 0 fully saturated rings. The molecule has 12 nitrogen and oxygen atoms in total. The van der Waals surface area contributed by atoms with Gasteiger partial charge in [0.15, 0.2) is 0 Å². The highest BCUT2D eigenvalue weighted by molar-refractivity contribution is 5.87. The lowest BCUT2D eigenvalue weighted by molar-refractivity contribution is -0.143. The SMILES string of the molecule is CCCCOC(=O)N[C@@H](CNC(=O)CC1CC(CCCNC(=O)OC(C)(C)C)=NO1)C(=O)OC. The number of methoxy groups -OCH3 is 1. The number of nitrogens with one attached hydrogen (secondary N) is 3. The first-order valence-corrected chi connectivity index (χ1v) is 11.5. The van der Waals surface area contributed by atoms with Gasteiger partial charge in [-0.2, -0.15) is 0 Å². The van der Waals surface area contributed by atoms with E-state index >= 15 is 0 Å². The molecule has 0 aromatic heterocycles. The first-order valence-electron chi connectivity index (χ1n) is 11.5. The average molecular weight is 487 g/mol. The van der Waals surface area contributed by atoms with Crippen LogP contribution in [-0.4, -0.2) is 74.3 Å². The maximum Gasteiger partial charge on any atom is 0.407 e. The van der Waals surface area contributed by atoms with E-state index in [9.17, 15) is 19.2 Å². The maximum atomic E-state index is 12.3. The number of hydrogen-bond donors (Lipinski definition) is 3. The Bertz CT molecular complexity index is 720. The van der Waals surface area contributed by atoms with Crippen molar-refractivity contribution in [2.75, 3.05) is 26.8 Å². The second-order valence-corrected chi connectivity index (χ2v) is 8.84. The molecule has 0 radical (unpaired) electrons. The summed E-state index contributed by atoms with van der Waals surface area (Å²) in [5.74, 6) is -1.06. The Hall–Kier alpha value is -3.05. The van der Waals surface area contributed by atoms with Crippen LogP contribution in [0.5, 0.6) is 0 Å². The van der Waals surface area contributed by atoms with E-state index in [1.165, 1.54) is 7.11 Å². The van der Waals surface area contributed by atoms with Crippen LogP contribution in [0.25, 0.3) is 0 Å². The zero-order valence-corrected chi connectivity index (χ0v) is 20.7. The number of esters is 1. The molecule has 2 atom stereocenters. The van der Waals surface area contributed by atoms with Crippen LogP contribution in [0.15, 0.2) is 5.16 Å². The second-order valence-electron chi connectivity index (χ2n) is 8.84. The summed E-state index contributed by atoms with van der Waals surface area (Å²) in [6.45, 7) is 7.86. The van der Waals surface area contributed by atoms with Crippen molar-refractivity contribution in [1.29, 1.82) is 0 Å². The van der Waals surface area contributed by atoms with Gasteiger partial charge in [-0.05, 0) is 40.0 Å². The Labute approximate surface area is 200 Å². The summed E-state index contributed by atoms with van der Waals surface area (Å²) >= 11 is 0. The van der Waals surface area contributed by atoms with Gasteiger partial charge in [-0.3, -0.25) is 4.79 Å². The van der Waals surface area contributed by atoms with Crippen molar-refractivity contribution in [2.45, 2.75) is 84.0 Å². The van der Waals surface area contributed by atoms with Gasteiger partial charge in [0.2, 0.25) is 5.91 Å². The summed E-state index contributed by atoms with van der Waals surface area (Å²) in [6.07, 6.45) is 1.72. The van der Waals surface area contributed by atoms with E-state index in [0.29, 0.717) is 32.2 Å². The number of oxime groups is 1. The normalized spacial score (nSPS) is 15.9. The van der Waals surface area contributed by atoms with Gasteiger partial charge in [0, 0.05) is 19.5 Å². The molecule has 34 heavy (non-hydrogen) atoms. The Balaban J connectivity index is 2.30. The highest BCUT2D eigenvalue weighted by Crippen LogP contribution is 2.16. The van der Waals surface area contributed by atoms with Crippen molar-refractivity contribution < 1.29 is 38.2 Å². The molecule has 1 unspecified atom stereocenters. The fraction of sp³-hybridized carbons (Fsp3) is 0.773. The average Bonchev–Trinajstić information content (AvgIpc) is 3.19. The molecule has 1 aliphatic heterocycles. The van der Waals surface area contributed by atoms with Gasteiger partial charge in [0.25, 0.3) is 0 Å². The van der Waals surface area contributed by atoms with Crippen LogP contribution in [-0.2, 0) is 28.6 Å².